The van der Waals surface area contributed by atoms with Gasteiger partial charge in [0.25, 0.3) is 5.91 Å². The summed E-state index contributed by atoms with van der Waals surface area (Å²) < 4.78 is 30.3. The number of aromatic nitrogens is 1. The number of amides is 2. The molecule has 2 amide bonds. The highest BCUT2D eigenvalue weighted by Crippen LogP contribution is 2.22. The molecule has 0 aliphatic heterocycles. The van der Waals surface area contributed by atoms with E-state index in [4.69, 9.17) is 0 Å². The quantitative estimate of drug-likeness (QED) is 0.212. The number of anilines is 1. The van der Waals surface area contributed by atoms with Crippen molar-refractivity contribution >= 4 is 33.7 Å². The van der Waals surface area contributed by atoms with Crippen LogP contribution in [0.2, 0.25) is 0 Å². The molecule has 41 heavy (non-hydrogen) atoms. The van der Waals surface area contributed by atoms with Gasteiger partial charge in [-0.1, -0.05) is 48.0 Å². The standard InChI is InChI=1S/C31H33N5O4S/c1-22-10-14-29(15-11-22)36-23(2)18-27(24(36)3)19-32-34-31(38)21-35(20-26-8-6-5-7-9-26)41(39,40)30-16-12-28(13-17-30)33-25(4)37/h5-19H,20-21H2,1-4H3,(H,33,37)(H,34,38)/b32-19-. The zero-order chi connectivity index (χ0) is 29.6. The van der Waals surface area contributed by atoms with Gasteiger partial charge >= 0.3 is 0 Å². The number of benzene rings is 3. The third kappa shape index (κ3) is 7.36. The van der Waals surface area contributed by atoms with Crippen LogP contribution in [0.3, 0.4) is 0 Å². The molecule has 4 rings (SSSR count). The lowest BCUT2D eigenvalue weighted by Gasteiger charge is -2.21. The molecule has 4 aromatic rings. The molecule has 0 fully saturated rings. The van der Waals surface area contributed by atoms with E-state index in [1.54, 1.807) is 30.5 Å². The van der Waals surface area contributed by atoms with E-state index < -0.39 is 22.5 Å². The second-order valence-corrected chi connectivity index (χ2v) is 11.7. The van der Waals surface area contributed by atoms with E-state index in [2.05, 4.69) is 32.5 Å². The molecule has 0 saturated carbocycles. The second-order valence-electron chi connectivity index (χ2n) is 9.75. The van der Waals surface area contributed by atoms with Crippen molar-refractivity contribution in [3.63, 3.8) is 0 Å². The number of hydrazone groups is 1. The normalized spacial score (nSPS) is 11.6. The number of hydrogen-bond acceptors (Lipinski definition) is 5. The molecule has 0 bridgehead atoms. The number of nitrogens with one attached hydrogen (secondary N) is 2. The third-order valence-electron chi connectivity index (χ3n) is 6.49. The Morgan fingerprint density at radius 3 is 2.22 bits per heavy atom. The fourth-order valence-corrected chi connectivity index (χ4v) is 5.84. The first kappa shape index (κ1) is 29.4. The Labute approximate surface area is 240 Å². The van der Waals surface area contributed by atoms with Crippen LogP contribution in [0, 0.1) is 20.8 Å². The van der Waals surface area contributed by atoms with E-state index in [1.165, 1.54) is 36.8 Å². The molecule has 0 aliphatic carbocycles. The molecule has 212 valence electrons. The van der Waals surface area contributed by atoms with Crippen LogP contribution < -0.4 is 10.7 Å². The highest BCUT2D eigenvalue weighted by atomic mass is 32.2. The molecular weight excluding hydrogens is 538 g/mol. The summed E-state index contributed by atoms with van der Waals surface area (Å²) in [5, 5.41) is 6.73. The summed E-state index contributed by atoms with van der Waals surface area (Å²) in [7, 11) is -4.05. The Kier molecular flexibility index (Phi) is 9.16. The van der Waals surface area contributed by atoms with Crippen molar-refractivity contribution in [2.75, 3.05) is 11.9 Å². The molecule has 0 saturated heterocycles. The number of nitrogens with zero attached hydrogens (tertiary/aromatic N) is 3. The first-order chi connectivity index (χ1) is 19.5. The number of carbonyl (C=O) groups is 2. The van der Waals surface area contributed by atoms with Gasteiger partial charge in [-0.05, 0) is 68.8 Å². The van der Waals surface area contributed by atoms with E-state index in [0.717, 1.165) is 32.5 Å². The molecule has 0 unspecified atom stereocenters. The SMILES string of the molecule is CC(=O)Nc1ccc(S(=O)(=O)N(CC(=O)N/N=C\c2cc(C)n(-c3ccc(C)cc3)c2C)Cc2ccccc2)cc1. The van der Waals surface area contributed by atoms with Crippen molar-refractivity contribution in [2.45, 2.75) is 39.1 Å². The molecule has 1 heterocycles. The van der Waals surface area contributed by atoms with Crippen LogP contribution in [-0.4, -0.2) is 41.9 Å². The van der Waals surface area contributed by atoms with E-state index >= 15 is 0 Å². The fraction of sp³-hybridized carbons (Fsp3) is 0.194. The van der Waals surface area contributed by atoms with Gasteiger partial charge in [0.1, 0.15) is 0 Å². The molecule has 1 aromatic heterocycles. The van der Waals surface area contributed by atoms with E-state index in [1.807, 2.05) is 45.0 Å². The lowest BCUT2D eigenvalue weighted by molar-refractivity contribution is -0.121. The van der Waals surface area contributed by atoms with Gasteiger partial charge in [-0.2, -0.15) is 9.41 Å². The Balaban J connectivity index is 1.51. The van der Waals surface area contributed by atoms with Crippen molar-refractivity contribution < 1.29 is 18.0 Å². The first-order valence-electron chi connectivity index (χ1n) is 13.0. The molecule has 0 atom stereocenters. The maximum atomic E-state index is 13.6. The number of carbonyl (C=O) groups excluding carboxylic acids is 2. The van der Waals surface area contributed by atoms with Crippen LogP contribution >= 0.6 is 0 Å². The largest absolute Gasteiger partial charge is 0.326 e. The van der Waals surface area contributed by atoms with Crippen molar-refractivity contribution in [1.82, 2.24) is 14.3 Å². The van der Waals surface area contributed by atoms with Crippen LogP contribution in [0.15, 0.2) is 94.9 Å². The molecule has 0 spiro atoms. The van der Waals surface area contributed by atoms with Crippen LogP contribution in [-0.2, 0) is 26.2 Å². The minimum Gasteiger partial charge on any atom is -0.326 e. The topological polar surface area (TPSA) is 113 Å². The molecule has 9 nitrogen and oxygen atoms in total. The van der Waals surface area contributed by atoms with Gasteiger partial charge in [-0.25, -0.2) is 13.8 Å². The van der Waals surface area contributed by atoms with E-state index in [9.17, 15) is 18.0 Å². The molecule has 2 N–H and O–H groups in total. The van der Waals surface area contributed by atoms with Gasteiger partial charge in [0.15, 0.2) is 0 Å². The van der Waals surface area contributed by atoms with Crippen LogP contribution in [0.25, 0.3) is 5.69 Å². The second kappa shape index (κ2) is 12.8. The van der Waals surface area contributed by atoms with Crippen molar-refractivity contribution in [2.24, 2.45) is 5.10 Å². The maximum absolute atomic E-state index is 13.6. The number of rotatable bonds is 10. The average Bonchev–Trinajstić information content (AvgIpc) is 3.22. The van der Waals surface area contributed by atoms with Gasteiger partial charge in [0.05, 0.1) is 17.7 Å². The summed E-state index contributed by atoms with van der Waals surface area (Å²) in [6.07, 6.45) is 1.56. The van der Waals surface area contributed by atoms with E-state index in [0.29, 0.717) is 5.69 Å². The summed E-state index contributed by atoms with van der Waals surface area (Å²) in [5.41, 5.74) is 8.68. The molecule has 3 aromatic carbocycles. The zero-order valence-corrected chi connectivity index (χ0v) is 24.3. The van der Waals surface area contributed by atoms with Gasteiger partial charge in [0, 0.05) is 41.8 Å². The number of hydrogen-bond donors (Lipinski definition) is 2. The molecule has 10 heteroatoms. The first-order valence-corrected chi connectivity index (χ1v) is 14.5. The summed E-state index contributed by atoms with van der Waals surface area (Å²) in [6, 6.07) is 25.0. The van der Waals surface area contributed by atoms with Crippen molar-refractivity contribution in [3.05, 3.63) is 113 Å². The smallest absolute Gasteiger partial charge is 0.255 e. The minimum atomic E-state index is -4.05. The summed E-state index contributed by atoms with van der Waals surface area (Å²) in [5.74, 6) is -0.844. The monoisotopic (exact) mass is 571 g/mol. The number of aryl methyl sites for hydroxylation is 2. The summed E-state index contributed by atoms with van der Waals surface area (Å²) >= 11 is 0. The fourth-order valence-electron chi connectivity index (χ4n) is 4.45. The van der Waals surface area contributed by atoms with E-state index in [-0.39, 0.29) is 17.3 Å². The van der Waals surface area contributed by atoms with Gasteiger partial charge in [-0.15, -0.1) is 0 Å². The Hall–Kier alpha value is -4.54. The minimum absolute atomic E-state index is 0.00220. The van der Waals surface area contributed by atoms with Gasteiger partial charge < -0.3 is 9.88 Å². The van der Waals surface area contributed by atoms with Gasteiger partial charge in [-0.3, -0.25) is 9.59 Å². The Bertz CT molecular complexity index is 1660. The lowest BCUT2D eigenvalue weighted by Crippen LogP contribution is -2.39. The highest BCUT2D eigenvalue weighted by Gasteiger charge is 2.27. The van der Waals surface area contributed by atoms with Crippen LogP contribution in [0.1, 0.15) is 35.0 Å². The predicted molar refractivity (Wildman–Crippen MR) is 161 cm³/mol. The van der Waals surface area contributed by atoms with Crippen LogP contribution in [0.4, 0.5) is 5.69 Å². The van der Waals surface area contributed by atoms with Crippen molar-refractivity contribution in [1.29, 1.82) is 0 Å². The highest BCUT2D eigenvalue weighted by molar-refractivity contribution is 7.89. The summed E-state index contributed by atoms with van der Waals surface area (Å²) in [4.78, 5) is 24.2. The predicted octanol–water partition coefficient (Wildman–Crippen LogP) is 4.70. The van der Waals surface area contributed by atoms with Crippen LogP contribution in [0.5, 0.6) is 0 Å². The zero-order valence-electron chi connectivity index (χ0n) is 23.5. The number of sulfonamides is 1. The average molecular weight is 572 g/mol. The summed E-state index contributed by atoms with van der Waals surface area (Å²) in [6.45, 7) is 6.93. The Morgan fingerprint density at radius 1 is 0.927 bits per heavy atom. The molecule has 0 radical (unpaired) electrons. The van der Waals surface area contributed by atoms with Gasteiger partial charge in [0.2, 0.25) is 15.9 Å². The maximum Gasteiger partial charge on any atom is 0.255 e. The van der Waals surface area contributed by atoms with Crippen molar-refractivity contribution in [3.8, 4) is 5.69 Å². The lowest BCUT2D eigenvalue weighted by atomic mass is 10.2. The Morgan fingerprint density at radius 2 is 1.59 bits per heavy atom. The molecule has 0 aliphatic rings. The molecular formula is C31H33N5O4S. The third-order valence-corrected chi connectivity index (χ3v) is 8.30.